The molecule has 0 radical (unpaired) electrons. The van der Waals surface area contributed by atoms with Gasteiger partial charge in [0.25, 0.3) is 0 Å². The standard InChI is InChI=1S/C17H25ClN2O2/c18-14-3-1-2-13(10-14)16(12-20-7-5-19-6-8-20)17-11-15(21)4-9-22-17/h1-3,10,15-17,19,21H,4-9,11-12H2. The first-order valence-electron chi connectivity index (χ1n) is 8.20. The van der Waals surface area contributed by atoms with Gasteiger partial charge in [0.2, 0.25) is 0 Å². The molecule has 2 aliphatic rings. The summed E-state index contributed by atoms with van der Waals surface area (Å²) in [6, 6.07) is 8.08. The van der Waals surface area contributed by atoms with E-state index in [0.717, 1.165) is 44.2 Å². The lowest BCUT2D eigenvalue weighted by atomic mass is 9.87. The van der Waals surface area contributed by atoms with Crippen molar-refractivity contribution in [2.24, 2.45) is 0 Å². The van der Waals surface area contributed by atoms with Gasteiger partial charge in [-0.3, -0.25) is 0 Å². The normalized spacial score (nSPS) is 28.5. The molecule has 2 aliphatic heterocycles. The molecule has 0 saturated carbocycles. The summed E-state index contributed by atoms with van der Waals surface area (Å²) in [6.45, 7) is 5.80. The summed E-state index contributed by atoms with van der Waals surface area (Å²) in [5.74, 6) is 0.256. The fourth-order valence-electron chi connectivity index (χ4n) is 3.44. The summed E-state index contributed by atoms with van der Waals surface area (Å²) in [7, 11) is 0. The molecule has 22 heavy (non-hydrogen) atoms. The minimum Gasteiger partial charge on any atom is -0.393 e. The van der Waals surface area contributed by atoms with Gasteiger partial charge in [0.15, 0.2) is 0 Å². The number of hydrogen-bond acceptors (Lipinski definition) is 4. The lowest BCUT2D eigenvalue weighted by Crippen LogP contribution is -2.47. The number of aliphatic hydroxyl groups excluding tert-OH is 1. The van der Waals surface area contributed by atoms with Gasteiger partial charge in [-0.25, -0.2) is 0 Å². The maximum absolute atomic E-state index is 10.0. The van der Waals surface area contributed by atoms with Crippen LogP contribution in [0.15, 0.2) is 24.3 Å². The number of benzene rings is 1. The van der Waals surface area contributed by atoms with E-state index < -0.39 is 0 Å². The fraction of sp³-hybridized carbons (Fsp3) is 0.647. The molecule has 4 nitrogen and oxygen atoms in total. The van der Waals surface area contributed by atoms with E-state index in [-0.39, 0.29) is 18.1 Å². The van der Waals surface area contributed by atoms with Crippen molar-refractivity contribution in [2.45, 2.75) is 31.0 Å². The zero-order valence-electron chi connectivity index (χ0n) is 12.9. The average Bonchev–Trinajstić information content (AvgIpc) is 2.53. The van der Waals surface area contributed by atoms with Gasteiger partial charge in [0.05, 0.1) is 12.2 Å². The minimum atomic E-state index is -0.247. The zero-order valence-corrected chi connectivity index (χ0v) is 13.6. The third-order valence-electron chi connectivity index (χ3n) is 4.68. The minimum absolute atomic E-state index is 0.0668. The van der Waals surface area contributed by atoms with Crippen LogP contribution >= 0.6 is 11.6 Å². The smallest absolute Gasteiger partial charge is 0.0680 e. The molecule has 0 spiro atoms. The van der Waals surface area contributed by atoms with E-state index in [1.54, 1.807) is 0 Å². The van der Waals surface area contributed by atoms with Crippen LogP contribution in [0.4, 0.5) is 0 Å². The molecule has 1 aromatic rings. The van der Waals surface area contributed by atoms with Crippen LogP contribution in [0.2, 0.25) is 5.02 Å². The van der Waals surface area contributed by atoms with E-state index in [1.807, 2.05) is 18.2 Å². The van der Waals surface area contributed by atoms with Crippen LogP contribution in [0.1, 0.15) is 24.3 Å². The molecule has 2 heterocycles. The Labute approximate surface area is 137 Å². The molecule has 2 saturated heterocycles. The summed E-state index contributed by atoms with van der Waals surface area (Å²) in [5, 5.41) is 14.2. The third-order valence-corrected chi connectivity index (χ3v) is 4.91. The molecule has 122 valence electrons. The molecule has 0 amide bonds. The molecule has 3 atom stereocenters. The number of ether oxygens (including phenoxy) is 1. The van der Waals surface area contributed by atoms with Crippen molar-refractivity contribution < 1.29 is 9.84 Å². The second kappa shape index (κ2) is 7.75. The molecule has 1 aromatic carbocycles. The van der Waals surface area contributed by atoms with Crippen molar-refractivity contribution in [3.8, 4) is 0 Å². The number of piperazine rings is 1. The maximum Gasteiger partial charge on any atom is 0.0680 e. The van der Waals surface area contributed by atoms with Gasteiger partial charge in [-0.2, -0.15) is 0 Å². The molecule has 3 unspecified atom stereocenters. The Hall–Kier alpha value is -0.650. The Kier molecular flexibility index (Phi) is 5.71. The summed E-state index contributed by atoms with van der Waals surface area (Å²) in [5.41, 5.74) is 1.21. The monoisotopic (exact) mass is 324 g/mol. The fourth-order valence-corrected chi connectivity index (χ4v) is 3.64. The molecule has 0 aromatic heterocycles. The van der Waals surface area contributed by atoms with E-state index in [4.69, 9.17) is 16.3 Å². The van der Waals surface area contributed by atoms with E-state index in [1.165, 1.54) is 5.56 Å². The molecule has 3 rings (SSSR count). The molecule has 2 N–H and O–H groups in total. The molecular weight excluding hydrogens is 300 g/mol. The summed E-state index contributed by atoms with van der Waals surface area (Å²) < 4.78 is 6.00. The Morgan fingerprint density at radius 1 is 1.36 bits per heavy atom. The second-order valence-corrected chi connectivity index (χ2v) is 6.74. The van der Waals surface area contributed by atoms with Crippen LogP contribution in [-0.4, -0.2) is 61.5 Å². The average molecular weight is 325 g/mol. The topological polar surface area (TPSA) is 44.7 Å². The van der Waals surface area contributed by atoms with Gasteiger partial charge in [0, 0.05) is 56.7 Å². The van der Waals surface area contributed by atoms with Crippen molar-refractivity contribution in [3.63, 3.8) is 0 Å². The molecule has 2 fully saturated rings. The highest BCUT2D eigenvalue weighted by Gasteiger charge is 2.31. The van der Waals surface area contributed by atoms with Crippen molar-refractivity contribution >= 4 is 11.6 Å². The second-order valence-electron chi connectivity index (χ2n) is 6.30. The number of nitrogens with zero attached hydrogens (tertiary/aromatic N) is 1. The first-order valence-corrected chi connectivity index (χ1v) is 8.58. The largest absolute Gasteiger partial charge is 0.393 e. The van der Waals surface area contributed by atoms with E-state index in [0.29, 0.717) is 13.0 Å². The number of aliphatic hydroxyl groups is 1. The van der Waals surface area contributed by atoms with Gasteiger partial charge in [-0.1, -0.05) is 23.7 Å². The first-order chi connectivity index (χ1) is 10.7. The van der Waals surface area contributed by atoms with Gasteiger partial charge < -0.3 is 20.1 Å². The van der Waals surface area contributed by atoms with Crippen LogP contribution in [-0.2, 0) is 4.74 Å². The summed E-state index contributed by atoms with van der Waals surface area (Å²) >= 11 is 6.19. The van der Waals surface area contributed by atoms with E-state index >= 15 is 0 Å². The molecule has 0 aliphatic carbocycles. The van der Waals surface area contributed by atoms with E-state index in [2.05, 4.69) is 16.3 Å². The Balaban J connectivity index is 1.77. The number of rotatable bonds is 4. The maximum atomic E-state index is 10.0. The van der Waals surface area contributed by atoms with E-state index in [9.17, 15) is 5.11 Å². The van der Waals surface area contributed by atoms with Crippen molar-refractivity contribution in [2.75, 3.05) is 39.3 Å². The van der Waals surface area contributed by atoms with Crippen molar-refractivity contribution in [1.29, 1.82) is 0 Å². The Morgan fingerprint density at radius 3 is 2.91 bits per heavy atom. The quantitative estimate of drug-likeness (QED) is 0.887. The number of halogens is 1. The third kappa shape index (κ3) is 4.21. The number of nitrogens with one attached hydrogen (secondary N) is 1. The van der Waals surface area contributed by atoms with Gasteiger partial charge >= 0.3 is 0 Å². The Bertz CT molecular complexity index is 479. The van der Waals surface area contributed by atoms with Crippen LogP contribution in [0.25, 0.3) is 0 Å². The highest BCUT2D eigenvalue weighted by atomic mass is 35.5. The van der Waals surface area contributed by atoms with Crippen LogP contribution in [0, 0.1) is 0 Å². The Morgan fingerprint density at radius 2 is 2.18 bits per heavy atom. The number of hydrogen-bond donors (Lipinski definition) is 2. The molecular formula is C17H25ClN2O2. The predicted molar refractivity (Wildman–Crippen MR) is 88.5 cm³/mol. The predicted octanol–water partition coefficient (Wildman–Crippen LogP) is 1.87. The van der Waals surface area contributed by atoms with Gasteiger partial charge in [-0.15, -0.1) is 0 Å². The summed E-state index contributed by atoms with van der Waals surface area (Å²) in [4.78, 5) is 2.48. The summed E-state index contributed by atoms with van der Waals surface area (Å²) in [6.07, 6.45) is 1.27. The lowest BCUT2D eigenvalue weighted by molar-refractivity contribution is -0.0592. The van der Waals surface area contributed by atoms with Crippen molar-refractivity contribution in [1.82, 2.24) is 10.2 Å². The molecule has 0 bridgehead atoms. The highest BCUT2D eigenvalue weighted by molar-refractivity contribution is 6.30. The zero-order chi connectivity index (χ0) is 15.4. The van der Waals surface area contributed by atoms with Crippen LogP contribution in [0.3, 0.4) is 0 Å². The van der Waals surface area contributed by atoms with Crippen LogP contribution in [0.5, 0.6) is 0 Å². The van der Waals surface area contributed by atoms with Crippen LogP contribution < -0.4 is 5.32 Å². The SMILES string of the molecule is OC1CCOC(C(CN2CCNCC2)c2cccc(Cl)c2)C1. The molecule has 5 heteroatoms. The first kappa shape index (κ1) is 16.2. The van der Waals surface area contributed by atoms with Gasteiger partial charge in [-0.05, 0) is 24.1 Å². The van der Waals surface area contributed by atoms with Crippen molar-refractivity contribution in [3.05, 3.63) is 34.9 Å². The highest BCUT2D eigenvalue weighted by Crippen LogP contribution is 2.31. The van der Waals surface area contributed by atoms with Gasteiger partial charge in [0.1, 0.15) is 0 Å². The lowest BCUT2D eigenvalue weighted by Gasteiger charge is -2.37.